The summed E-state index contributed by atoms with van der Waals surface area (Å²) in [5.41, 5.74) is 1.48. The Morgan fingerprint density at radius 2 is 2.13 bits per heavy atom. The van der Waals surface area contributed by atoms with Gasteiger partial charge in [-0.2, -0.15) is 13.2 Å². The number of benzene rings is 1. The van der Waals surface area contributed by atoms with E-state index < -0.39 is 12.7 Å². The van der Waals surface area contributed by atoms with Gasteiger partial charge in [0.05, 0.1) is 6.54 Å². The average molecular weight is 329 g/mol. The van der Waals surface area contributed by atoms with E-state index in [1.807, 2.05) is 31.1 Å². The molecule has 0 spiro atoms. The number of anilines is 1. The maximum atomic E-state index is 12.4. The van der Waals surface area contributed by atoms with Gasteiger partial charge in [0, 0.05) is 38.4 Å². The first-order valence-electron chi connectivity index (χ1n) is 7.59. The zero-order chi connectivity index (χ0) is 17.0. The maximum absolute atomic E-state index is 12.4. The van der Waals surface area contributed by atoms with Gasteiger partial charge in [0.25, 0.3) is 5.91 Å². The van der Waals surface area contributed by atoms with Gasteiger partial charge in [-0.1, -0.05) is 6.07 Å². The van der Waals surface area contributed by atoms with E-state index in [0.29, 0.717) is 31.6 Å². The first-order valence-corrected chi connectivity index (χ1v) is 7.59. The molecule has 0 aromatic heterocycles. The minimum Gasteiger partial charge on any atom is -0.378 e. The monoisotopic (exact) mass is 329 g/mol. The summed E-state index contributed by atoms with van der Waals surface area (Å²) in [6, 6.07) is 7.24. The van der Waals surface area contributed by atoms with Crippen LogP contribution in [-0.2, 0) is 0 Å². The van der Waals surface area contributed by atoms with E-state index in [2.05, 4.69) is 5.32 Å². The highest BCUT2D eigenvalue weighted by molar-refractivity contribution is 5.95. The van der Waals surface area contributed by atoms with Crippen LogP contribution in [0, 0.1) is 5.92 Å². The van der Waals surface area contributed by atoms with Crippen molar-refractivity contribution in [2.45, 2.75) is 12.6 Å². The van der Waals surface area contributed by atoms with Gasteiger partial charge >= 0.3 is 6.18 Å². The molecule has 0 unspecified atom stereocenters. The quantitative estimate of drug-likeness (QED) is 0.901. The predicted molar refractivity (Wildman–Crippen MR) is 83.7 cm³/mol. The largest absolute Gasteiger partial charge is 0.401 e. The van der Waals surface area contributed by atoms with Crippen molar-refractivity contribution >= 4 is 11.6 Å². The number of hydrogen-bond donors (Lipinski definition) is 1. The molecule has 1 aliphatic rings. The molecule has 0 saturated carbocycles. The van der Waals surface area contributed by atoms with Crippen LogP contribution in [0.5, 0.6) is 0 Å². The van der Waals surface area contributed by atoms with Crippen LogP contribution in [0.25, 0.3) is 0 Å². The Kier molecular flexibility index (Phi) is 5.51. The topological polar surface area (TPSA) is 35.6 Å². The van der Waals surface area contributed by atoms with E-state index in [0.717, 1.165) is 5.69 Å². The summed E-state index contributed by atoms with van der Waals surface area (Å²) in [6.45, 7) is 0.329. The third-order valence-electron chi connectivity index (χ3n) is 3.95. The Bertz CT molecular complexity index is 546. The van der Waals surface area contributed by atoms with E-state index in [1.54, 1.807) is 12.1 Å². The van der Waals surface area contributed by atoms with Crippen LogP contribution in [0.1, 0.15) is 16.8 Å². The number of hydrogen-bond acceptors (Lipinski definition) is 3. The summed E-state index contributed by atoms with van der Waals surface area (Å²) in [7, 11) is 3.79. The second-order valence-corrected chi connectivity index (χ2v) is 6.16. The Morgan fingerprint density at radius 3 is 2.78 bits per heavy atom. The van der Waals surface area contributed by atoms with Gasteiger partial charge in [-0.25, -0.2) is 0 Å². The first-order chi connectivity index (χ1) is 10.7. The molecular formula is C16H22F3N3O. The van der Waals surface area contributed by atoms with Crippen molar-refractivity contribution in [1.82, 2.24) is 10.2 Å². The molecule has 2 rings (SSSR count). The van der Waals surface area contributed by atoms with Crippen LogP contribution in [0.3, 0.4) is 0 Å². The average Bonchev–Trinajstić information content (AvgIpc) is 2.90. The lowest BCUT2D eigenvalue weighted by atomic mass is 10.1. The normalized spacial score (nSPS) is 18.9. The molecule has 1 amide bonds. The highest BCUT2D eigenvalue weighted by atomic mass is 19.4. The summed E-state index contributed by atoms with van der Waals surface area (Å²) in [5.74, 6) is -0.124. The zero-order valence-corrected chi connectivity index (χ0v) is 13.4. The number of carbonyl (C=O) groups is 1. The Morgan fingerprint density at radius 1 is 1.39 bits per heavy atom. The van der Waals surface area contributed by atoms with Crippen LogP contribution in [0.4, 0.5) is 18.9 Å². The van der Waals surface area contributed by atoms with Gasteiger partial charge in [0.1, 0.15) is 0 Å². The molecule has 1 aromatic rings. The highest BCUT2D eigenvalue weighted by Gasteiger charge is 2.34. The minimum absolute atomic E-state index is 0.0679. The van der Waals surface area contributed by atoms with Crippen LogP contribution < -0.4 is 10.2 Å². The van der Waals surface area contributed by atoms with Gasteiger partial charge in [0.2, 0.25) is 0 Å². The number of nitrogens with one attached hydrogen (secondary N) is 1. The summed E-state index contributed by atoms with van der Waals surface area (Å²) < 4.78 is 37.1. The van der Waals surface area contributed by atoms with Crippen molar-refractivity contribution in [3.05, 3.63) is 29.8 Å². The zero-order valence-electron chi connectivity index (χ0n) is 13.4. The smallest absolute Gasteiger partial charge is 0.378 e. The summed E-state index contributed by atoms with van der Waals surface area (Å²) in [4.78, 5) is 15.5. The van der Waals surface area contributed by atoms with Crippen LogP contribution in [0.15, 0.2) is 24.3 Å². The van der Waals surface area contributed by atoms with E-state index in [9.17, 15) is 18.0 Å². The summed E-state index contributed by atoms with van der Waals surface area (Å²) >= 11 is 0. The molecule has 4 nitrogen and oxygen atoms in total. The number of likely N-dealkylation sites (tertiary alicyclic amines) is 1. The SMILES string of the molecule is CN(C)c1cccc(C(=O)NC[C@@H]2CCN(CC(F)(F)F)C2)c1. The molecule has 7 heteroatoms. The lowest BCUT2D eigenvalue weighted by Crippen LogP contribution is -2.34. The Balaban J connectivity index is 1.82. The van der Waals surface area contributed by atoms with Crippen molar-refractivity contribution in [3.63, 3.8) is 0 Å². The van der Waals surface area contributed by atoms with Gasteiger partial charge in [-0.05, 0) is 37.1 Å². The third kappa shape index (κ3) is 5.42. The van der Waals surface area contributed by atoms with Crippen LogP contribution >= 0.6 is 0 Å². The van der Waals surface area contributed by atoms with Crippen LogP contribution in [-0.4, -0.2) is 57.3 Å². The molecule has 0 bridgehead atoms. The number of rotatable bonds is 5. The summed E-state index contributed by atoms with van der Waals surface area (Å²) in [5, 5.41) is 2.83. The van der Waals surface area contributed by atoms with Crippen molar-refractivity contribution in [3.8, 4) is 0 Å². The molecule has 1 aliphatic heterocycles. The molecule has 1 N–H and O–H groups in total. The van der Waals surface area contributed by atoms with Crippen molar-refractivity contribution < 1.29 is 18.0 Å². The molecule has 0 radical (unpaired) electrons. The second kappa shape index (κ2) is 7.21. The molecule has 1 saturated heterocycles. The van der Waals surface area contributed by atoms with Crippen molar-refractivity contribution in [2.75, 3.05) is 45.2 Å². The molecule has 23 heavy (non-hydrogen) atoms. The molecule has 1 heterocycles. The lowest BCUT2D eigenvalue weighted by Gasteiger charge is -2.18. The van der Waals surface area contributed by atoms with Gasteiger partial charge in [-0.3, -0.25) is 9.69 Å². The number of carbonyl (C=O) groups excluding carboxylic acids is 1. The van der Waals surface area contributed by atoms with Crippen molar-refractivity contribution in [2.24, 2.45) is 5.92 Å². The standard InChI is InChI=1S/C16H22F3N3O/c1-21(2)14-5-3-4-13(8-14)15(23)20-9-12-6-7-22(10-12)11-16(17,18)19/h3-5,8,12H,6-7,9-11H2,1-2H3,(H,20,23)/t12-/m0/s1. The van der Waals surface area contributed by atoms with Gasteiger partial charge in [-0.15, -0.1) is 0 Å². The fourth-order valence-corrected chi connectivity index (χ4v) is 2.74. The first kappa shape index (κ1) is 17.6. The van der Waals surface area contributed by atoms with E-state index in [1.165, 1.54) is 4.90 Å². The van der Waals surface area contributed by atoms with Crippen molar-refractivity contribution in [1.29, 1.82) is 0 Å². The van der Waals surface area contributed by atoms with Gasteiger partial charge in [0.15, 0.2) is 0 Å². The third-order valence-corrected chi connectivity index (χ3v) is 3.95. The number of halogens is 3. The number of nitrogens with zero attached hydrogens (tertiary/aromatic N) is 2. The van der Waals surface area contributed by atoms with E-state index >= 15 is 0 Å². The predicted octanol–water partition coefficient (Wildman–Crippen LogP) is 2.37. The van der Waals surface area contributed by atoms with E-state index in [4.69, 9.17) is 0 Å². The fraction of sp³-hybridized carbons (Fsp3) is 0.562. The Labute approximate surface area is 134 Å². The fourth-order valence-electron chi connectivity index (χ4n) is 2.74. The second-order valence-electron chi connectivity index (χ2n) is 6.16. The number of amides is 1. The molecule has 0 aliphatic carbocycles. The maximum Gasteiger partial charge on any atom is 0.401 e. The molecule has 1 aromatic carbocycles. The van der Waals surface area contributed by atoms with Crippen LogP contribution in [0.2, 0.25) is 0 Å². The molecule has 1 fully saturated rings. The minimum atomic E-state index is -4.16. The molecular weight excluding hydrogens is 307 g/mol. The lowest BCUT2D eigenvalue weighted by molar-refractivity contribution is -0.143. The Hall–Kier alpha value is -1.76. The molecule has 128 valence electrons. The summed E-state index contributed by atoms with van der Waals surface area (Å²) in [6.07, 6.45) is -3.49. The molecule has 1 atom stereocenters. The van der Waals surface area contributed by atoms with Gasteiger partial charge < -0.3 is 10.2 Å². The highest BCUT2D eigenvalue weighted by Crippen LogP contribution is 2.22. The number of alkyl halides is 3. The van der Waals surface area contributed by atoms with E-state index in [-0.39, 0.29) is 11.8 Å².